The van der Waals surface area contributed by atoms with Crippen LogP contribution in [0.1, 0.15) is 27.7 Å². The minimum atomic E-state index is -6.00. The molecule has 0 saturated carbocycles. The number of hydrogen-bond acceptors (Lipinski definition) is 3. The molecule has 0 spiro atoms. The molecule has 0 aromatic heterocycles. The topological polar surface area (TPSA) is 35.5 Å². The molecule has 20 heavy (non-hydrogen) atoms. The highest BCUT2D eigenvalue weighted by atomic mass is 19.5. The molecule has 0 amide bonds. The van der Waals surface area contributed by atoms with Crippen LogP contribution in [0, 0.1) is 0 Å². The van der Waals surface area contributed by atoms with Gasteiger partial charge in [-0.3, -0.25) is 0 Å². The van der Waals surface area contributed by atoms with Gasteiger partial charge in [-0.05, 0) is 27.7 Å². The molecule has 0 aliphatic carbocycles. The Balaban J connectivity index is 0. The first-order valence-electron chi connectivity index (χ1n) is 6.66. The van der Waals surface area contributed by atoms with E-state index in [0.717, 1.165) is 0 Å². The normalized spacial score (nSPS) is 14.3. The van der Waals surface area contributed by atoms with Crippen molar-refractivity contribution in [1.82, 2.24) is 0 Å². The number of cyclic esters (lactones) is 2. The Labute approximate surface area is 117 Å². The maximum atomic E-state index is 9.80. The summed E-state index contributed by atoms with van der Waals surface area (Å²) in [4.78, 5) is 9.80. The van der Waals surface area contributed by atoms with Gasteiger partial charge in [0.25, 0.3) is 0 Å². The highest BCUT2D eigenvalue weighted by molar-refractivity contribution is 6.50. The van der Waals surface area contributed by atoms with Gasteiger partial charge in [-0.1, -0.05) is 0 Å². The molecule has 1 fully saturated rings. The summed E-state index contributed by atoms with van der Waals surface area (Å²) < 4.78 is 48.9. The predicted octanol–water partition coefficient (Wildman–Crippen LogP) is 3.34. The van der Waals surface area contributed by atoms with Gasteiger partial charge in [-0.25, -0.2) is 4.79 Å². The average Bonchev–Trinajstić information content (AvgIpc) is 2.83. The van der Waals surface area contributed by atoms with Gasteiger partial charge < -0.3 is 31.2 Å². The van der Waals surface area contributed by atoms with Crippen molar-refractivity contribution in [1.29, 1.82) is 0 Å². The monoisotopic (exact) mass is 305 g/mol. The molecule has 0 radical (unpaired) electrons. The van der Waals surface area contributed by atoms with Crippen LogP contribution in [0.4, 0.5) is 22.1 Å². The van der Waals surface area contributed by atoms with Crippen molar-refractivity contribution in [3.05, 3.63) is 0 Å². The molecule has 4 nitrogen and oxygen atoms in total. The standard InChI is InChI=1S/C8H20N.C3H4O3.BF4/c1-5-9(6-2,7-3)8-4;4-3-5-1-2-6-3;2-1(3,4)5/h5-8H2,1-4H3;1-2H2;/q+1;;-1. The zero-order chi connectivity index (χ0) is 16.2. The maximum Gasteiger partial charge on any atom is 0.673 e. The number of hydrogen-bond donors (Lipinski definition) is 0. The van der Waals surface area contributed by atoms with Gasteiger partial charge in [0.15, 0.2) is 0 Å². The molecule has 0 unspecified atom stereocenters. The molecular weight excluding hydrogens is 281 g/mol. The number of halogens is 4. The summed E-state index contributed by atoms with van der Waals surface area (Å²) in [7, 11) is -6.00. The Morgan fingerprint density at radius 1 is 0.900 bits per heavy atom. The molecule has 0 aromatic rings. The lowest BCUT2D eigenvalue weighted by Gasteiger charge is -2.34. The number of nitrogens with zero attached hydrogens (tertiary/aromatic N) is 1. The molecule has 122 valence electrons. The molecule has 0 aromatic carbocycles. The van der Waals surface area contributed by atoms with E-state index >= 15 is 0 Å². The van der Waals surface area contributed by atoms with E-state index in [0.29, 0.717) is 13.2 Å². The van der Waals surface area contributed by atoms with E-state index in [1.807, 2.05) is 0 Å². The lowest BCUT2D eigenvalue weighted by atomic mass is 10.3. The van der Waals surface area contributed by atoms with Gasteiger partial charge in [-0.2, -0.15) is 0 Å². The number of carbonyl (C=O) groups excluding carboxylic acids is 1. The van der Waals surface area contributed by atoms with Crippen LogP contribution in [0.2, 0.25) is 0 Å². The highest BCUT2D eigenvalue weighted by Gasteiger charge is 2.20. The van der Waals surface area contributed by atoms with Gasteiger partial charge in [0.1, 0.15) is 13.2 Å². The van der Waals surface area contributed by atoms with Crippen LogP contribution in [-0.4, -0.2) is 57.3 Å². The molecule has 1 aliphatic heterocycles. The van der Waals surface area contributed by atoms with E-state index in [4.69, 9.17) is 0 Å². The average molecular weight is 305 g/mol. The van der Waals surface area contributed by atoms with Gasteiger partial charge in [0, 0.05) is 0 Å². The Hall–Kier alpha value is -0.985. The highest BCUT2D eigenvalue weighted by Crippen LogP contribution is 2.06. The first-order chi connectivity index (χ1) is 9.14. The van der Waals surface area contributed by atoms with Crippen molar-refractivity contribution in [2.45, 2.75) is 27.7 Å². The third-order valence-corrected chi connectivity index (χ3v) is 3.21. The molecule has 1 rings (SSSR count). The summed E-state index contributed by atoms with van der Waals surface area (Å²) in [6, 6.07) is 0. The Morgan fingerprint density at radius 3 is 1.20 bits per heavy atom. The molecule has 0 N–H and O–H groups in total. The fourth-order valence-electron chi connectivity index (χ4n) is 1.63. The molecule has 9 heteroatoms. The first-order valence-corrected chi connectivity index (χ1v) is 6.66. The van der Waals surface area contributed by atoms with Gasteiger partial charge in [0.05, 0.1) is 26.2 Å². The van der Waals surface area contributed by atoms with E-state index in [1.165, 1.54) is 30.7 Å². The van der Waals surface area contributed by atoms with Crippen LogP contribution >= 0.6 is 0 Å². The van der Waals surface area contributed by atoms with Gasteiger partial charge in [0.2, 0.25) is 0 Å². The van der Waals surface area contributed by atoms with E-state index in [9.17, 15) is 22.1 Å². The second-order valence-electron chi connectivity index (χ2n) is 4.05. The largest absolute Gasteiger partial charge is 0.673 e. The van der Waals surface area contributed by atoms with Crippen molar-refractivity contribution >= 4 is 13.4 Å². The SMILES string of the molecule is CC[N+](CC)(CC)CC.F[B-](F)(F)F.O=C1OCCO1. The molecule has 1 aliphatic rings. The minimum Gasteiger partial charge on any atom is -0.431 e. The number of quaternary nitrogens is 1. The van der Waals surface area contributed by atoms with E-state index in [-0.39, 0.29) is 0 Å². The third kappa shape index (κ3) is 13.4. The smallest absolute Gasteiger partial charge is 0.431 e. The van der Waals surface area contributed by atoms with Crippen LogP contribution < -0.4 is 0 Å². The van der Waals surface area contributed by atoms with E-state index in [1.54, 1.807) is 0 Å². The molecule has 0 bridgehead atoms. The number of ether oxygens (including phenoxy) is 2. The zero-order valence-electron chi connectivity index (χ0n) is 12.5. The van der Waals surface area contributed by atoms with Crippen LogP contribution in [0.5, 0.6) is 0 Å². The van der Waals surface area contributed by atoms with Crippen molar-refractivity contribution < 1.29 is 36.0 Å². The van der Waals surface area contributed by atoms with Crippen LogP contribution in [0.3, 0.4) is 0 Å². The fourth-order valence-corrected chi connectivity index (χ4v) is 1.63. The maximum absolute atomic E-state index is 9.80. The molecule has 1 heterocycles. The lowest BCUT2D eigenvalue weighted by molar-refractivity contribution is -0.921. The van der Waals surface area contributed by atoms with Crippen molar-refractivity contribution in [2.75, 3.05) is 39.4 Å². The Bertz CT molecular complexity index is 229. The molecule has 0 atom stereocenters. The lowest BCUT2D eigenvalue weighted by Crippen LogP contribution is -2.47. The van der Waals surface area contributed by atoms with Crippen LogP contribution in [0.25, 0.3) is 0 Å². The van der Waals surface area contributed by atoms with Crippen molar-refractivity contribution in [3.8, 4) is 0 Å². The second-order valence-corrected chi connectivity index (χ2v) is 4.05. The zero-order valence-corrected chi connectivity index (χ0v) is 12.5. The quantitative estimate of drug-likeness (QED) is 0.346. The van der Waals surface area contributed by atoms with Crippen LogP contribution in [-0.2, 0) is 9.47 Å². The summed E-state index contributed by atoms with van der Waals surface area (Å²) in [6.45, 7) is 15.1. The van der Waals surface area contributed by atoms with E-state index in [2.05, 4.69) is 37.2 Å². The Morgan fingerprint density at radius 2 is 1.15 bits per heavy atom. The summed E-state index contributed by atoms with van der Waals surface area (Å²) in [6.07, 6.45) is -0.546. The second kappa shape index (κ2) is 10.8. The minimum absolute atomic E-state index is 0.416. The van der Waals surface area contributed by atoms with Crippen molar-refractivity contribution in [2.24, 2.45) is 0 Å². The van der Waals surface area contributed by atoms with E-state index < -0.39 is 13.4 Å². The summed E-state index contributed by atoms with van der Waals surface area (Å²) in [5, 5.41) is 0. The Kier molecular flexibility index (Phi) is 11.5. The predicted molar refractivity (Wildman–Crippen MR) is 69.9 cm³/mol. The molecule has 1 saturated heterocycles. The summed E-state index contributed by atoms with van der Waals surface area (Å²) >= 11 is 0. The van der Waals surface area contributed by atoms with Gasteiger partial charge in [-0.15, -0.1) is 0 Å². The summed E-state index contributed by atoms with van der Waals surface area (Å²) in [5.74, 6) is 0. The third-order valence-electron chi connectivity index (χ3n) is 3.21. The van der Waals surface area contributed by atoms with Crippen LogP contribution in [0.15, 0.2) is 0 Å². The van der Waals surface area contributed by atoms with Crippen molar-refractivity contribution in [3.63, 3.8) is 0 Å². The summed E-state index contributed by atoms with van der Waals surface area (Å²) in [5.41, 5.74) is 0. The van der Waals surface area contributed by atoms with Gasteiger partial charge >= 0.3 is 13.4 Å². The fraction of sp³-hybridized carbons (Fsp3) is 0.909. The number of carbonyl (C=O) groups is 1. The molecular formula is C11H24BF4NO3. The number of rotatable bonds is 4. The first kappa shape index (κ1) is 21.3.